The summed E-state index contributed by atoms with van der Waals surface area (Å²) >= 11 is 0. The molecular weight excluding hydrogens is 371 g/mol. The van der Waals surface area contributed by atoms with E-state index in [1.54, 1.807) is 27.1 Å². The summed E-state index contributed by atoms with van der Waals surface area (Å²) < 4.78 is 24.6. The zero-order valence-electron chi connectivity index (χ0n) is 16.0. The molecule has 0 bridgehead atoms. The van der Waals surface area contributed by atoms with Gasteiger partial charge in [-0.1, -0.05) is 6.92 Å². The van der Waals surface area contributed by atoms with Gasteiger partial charge in [0.15, 0.2) is 11.5 Å². The van der Waals surface area contributed by atoms with Gasteiger partial charge in [0.2, 0.25) is 0 Å². The van der Waals surface area contributed by atoms with Crippen molar-refractivity contribution in [3.63, 3.8) is 0 Å². The molecule has 0 aliphatic carbocycles. The van der Waals surface area contributed by atoms with Crippen LogP contribution in [0.3, 0.4) is 0 Å². The molecule has 11 heteroatoms. The Balaban J connectivity index is 1.76. The number of carbonyl (C=O) groups excluding carboxylic acids is 1. The molecule has 0 aromatic carbocycles. The van der Waals surface area contributed by atoms with Gasteiger partial charge >= 0.3 is 13.9 Å². The summed E-state index contributed by atoms with van der Waals surface area (Å²) in [5.74, 6) is -0.376. The standard InChI is InChI=1S/C16H26N6O4P/c1-10(2)26-16(23)11(3)5-21-27(24)9-25-12(4)6-22-8-20-13-14(17)18-7-19-15(13)22/h7-8,10-12H,5-6,9H2,1-4H3,(H,21,24)(H2,17,18,19)/q+1. The highest BCUT2D eigenvalue weighted by atomic mass is 31.1. The Morgan fingerprint density at radius 2 is 2.04 bits per heavy atom. The lowest BCUT2D eigenvalue weighted by atomic mass is 10.2. The number of hydrogen-bond acceptors (Lipinski definition) is 8. The smallest absolute Gasteiger partial charge is 0.460 e. The maximum atomic E-state index is 12.1. The van der Waals surface area contributed by atoms with E-state index in [1.807, 2.05) is 11.5 Å². The topological polar surface area (TPSA) is 134 Å². The van der Waals surface area contributed by atoms with E-state index in [2.05, 4.69) is 20.0 Å². The van der Waals surface area contributed by atoms with Crippen molar-refractivity contribution in [2.24, 2.45) is 5.92 Å². The molecule has 27 heavy (non-hydrogen) atoms. The molecule has 2 heterocycles. The quantitative estimate of drug-likeness (QED) is 0.453. The normalized spacial score (nSPS) is 14.3. The molecule has 0 aliphatic rings. The van der Waals surface area contributed by atoms with Crippen molar-refractivity contribution < 1.29 is 18.8 Å². The summed E-state index contributed by atoms with van der Waals surface area (Å²) in [6.07, 6.45) is 2.65. The van der Waals surface area contributed by atoms with Crippen LogP contribution in [0.1, 0.15) is 27.7 Å². The van der Waals surface area contributed by atoms with E-state index < -0.39 is 7.95 Å². The van der Waals surface area contributed by atoms with Crippen molar-refractivity contribution in [1.29, 1.82) is 0 Å². The molecule has 0 saturated heterocycles. The molecule has 0 aliphatic heterocycles. The zero-order chi connectivity index (χ0) is 20.0. The lowest BCUT2D eigenvalue weighted by Crippen LogP contribution is -2.27. The number of aromatic nitrogens is 4. The van der Waals surface area contributed by atoms with Crippen LogP contribution in [0.15, 0.2) is 12.7 Å². The van der Waals surface area contributed by atoms with Gasteiger partial charge in [-0.25, -0.2) is 15.0 Å². The highest BCUT2D eigenvalue weighted by molar-refractivity contribution is 7.42. The van der Waals surface area contributed by atoms with E-state index in [9.17, 15) is 9.36 Å². The Labute approximate surface area is 158 Å². The van der Waals surface area contributed by atoms with E-state index in [1.165, 1.54) is 6.33 Å². The Bertz CT molecular complexity index is 796. The molecule has 3 unspecified atom stereocenters. The van der Waals surface area contributed by atoms with Gasteiger partial charge in [-0.2, -0.15) is 0 Å². The molecule has 2 rings (SSSR count). The number of hydrogen-bond donors (Lipinski definition) is 2. The monoisotopic (exact) mass is 397 g/mol. The highest BCUT2D eigenvalue weighted by Crippen LogP contribution is 2.18. The largest absolute Gasteiger partial charge is 0.463 e. The number of rotatable bonds is 10. The fourth-order valence-electron chi connectivity index (χ4n) is 2.27. The number of esters is 1. The van der Waals surface area contributed by atoms with Crippen LogP contribution in [-0.4, -0.2) is 50.6 Å². The summed E-state index contributed by atoms with van der Waals surface area (Å²) in [6, 6.07) is 0. The molecule has 2 aromatic rings. The molecule has 3 N–H and O–H groups in total. The van der Waals surface area contributed by atoms with Crippen molar-refractivity contribution in [2.45, 2.75) is 46.4 Å². The third-order valence-electron chi connectivity index (χ3n) is 3.69. The molecule has 3 atom stereocenters. The van der Waals surface area contributed by atoms with E-state index in [-0.39, 0.29) is 37.0 Å². The van der Waals surface area contributed by atoms with Crippen LogP contribution in [0.5, 0.6) is 0 Å². The van der Waals surface area contributed by atoms with Crippen LogP contribution < -0.4 is 10.8 Å². The average molecular weight is 397 g/mol. The van der Waals surface area contributed by atoms with Crippen LogP contribution in [-0.2, 0) is 25.4 Å². The first-order valence-corrected chi connectivity index (χ1v) is 10.1. The minimum Gasteiger partial charge on any atom is -0.463 e. The number of fused-ring (bicyclic) bond motifs is 1. The number of anilines is 1. The van der Waals surface area contributed by atoms with Gasteiger partial charge in [-0.05, 0) is 25.3 Å². The van der Waals surface area contributed by atoms with Gasteiger partial charge in [0.25, 0.3) is 6.35 Å². The maximum absolute atomic E-state index is 12.1. The molecule has 0 radical (unpaired) electrons. The fraction of sp³-hybridized carbons (Fsp3) is 0.625. The van der Waals surface area contributed by atoms with Crippen LogP contribution in [0.25, 0.3) is 11.2 Å². The van der Waals surface area contributed by atoms with Crippen LogP contribution in [0.4, 0.5) is 5.82 Å². The summed E-state index contributed by atoms with van der Waals surface area (Å²) in [5, 5.41) is 2.81. The molecule has 10 nitrogen and oxygen atoms in total. The third kappa shape index (κ3) is 6.20. The average Bonchev–Trinajstić information content (AvgIpc) is 3.01. The summed E-state index contributed by atoms with van der Waals surface area (Å²) in [5.41, 5.74) is 6.93. The summed E-state index contributed by atoms with van der Waals surface area (Å²) in [4.78, 5) is 24.0. The number of nitrogens with one attached hydrogen (secondary N) is 1. The minimum absolute atomic E-state index is 0.0339. The molecule has 0 amide bonds. The molecule has 148 valence electrons. The third-order valence-corrected chi connectivity index (χ3v) is 4.61. The molecule has 0 fully saturated rings. The number of nitrogens with two attached hydrogens (primary N) is 1. The number of nitrogen functional groups attached to an aromatic ring is 1. The van der Waals surface area contributed by atoms with Gasteiger partial charge in [-0.3, -0.25) is 4.79 Å². The molecule has 0 saturated carbocycles. The van der Waals surface area contributed by atoms with Crippen LogP contribution in [0.2, 0.25) is 0 Å². The highest BCUT2D eigenvalue weighted by Gasteiger charge is 2.23. The van der Waals surface area contributed by atoms with Gasteiger partial charge in [0.05, 0.1) is 37.5 Å². The van der Waals surface area contributed by atoms with Gasteiger partial charge in [0.1, 0.15) is 11.8 Å². The van der Waals surface area contributed by atoms with Crippen LogP contribution in [0, 0.1) is 5.92 Å². The Hall–Kier alpha value is -2.16. The van der Waals surface area contributed by atoms with E-state index in [0.717, 1.165) is 0 Å². The number of nitrogens with zero attached hydrogens (tertiary/aromatic N) is 4. The Morgan fingerprint density at radius 3 is 2.74 bits per heavy atom. The second-order valence-corrected chi connectivity index (χ2v) is 7.89. The second-order valence-electron chi connectivity index (χ2n) is 6.56. The Kier molecular flexibility index (Phi) is 7.58. The first-order chi connectivity index (χ1) is 12.8. The van der Waals surface area contributed by atoms with E-state index in [4.69, 9.17) is 15.2 Å². The second kappa shape index (κ2) is 9.68. The molecule has 2 aromatic heterocycles. The molecule has 0 spiro atoms. The number of ether oxygens (including phenoxy) is 2. The Morgan fingerprint density at radius 1 is 1.30 bits per heavy atom. The minimum atomic E-state index is -1.79. The van der Waals surface area contributed by atoms with Gasteiger partial charge in [0, 0.05) is 0 Å². The fourth-order valence-corrected chi connectivity index (χ4v) is 3.23. The lowest BCUT2D eigenvalue weighted by Gasteiger charge is -2.12. The predicted octanol–water partition coefficient (Wildman–Crippen LogP) is 1.69. The maximum Gasteiger partial charge on any atom is 0.460 e. The first-order valence-electron chi connectivity index (χ1n) is 8.69. The zero-order valence-corrected chi connectivity index (χ0v) is 16.8. The van der Waals surface area contributed by atoms with E-state index in [0.29, 0.717) is 23.5 Å². The van der Waals surface area contributed by atoms with Gasteiger partial charge < -0.3 is 19.8 Å². The number of imidazole rings is 1. The van der Waals surface area contributed by atoms with Gasteiger partial charge in [-0.15, -0.1) is 5.09 Å². The number of carbonyl (C=O) groups is 1. The SMILES string of the molecule is CC(C)OC(=O)C(C)CN[P+](=O)COC(C)Cn1cnc2c(N)ncnc21. The summed E-state index contributed by atoms with van der Waals surface area (Å²) in [7, 11) is -1.79. The van der Waals surface area contributed by atoms with E-state index >= 15 is 0 Å². The van der Waals surface area contributed by atoms with Crippen molar-refractivity contribution in [3.8, 4) is 0 Å². The van der Waals surface area contributed by atoms with Crippen molar-refractivity contribution in [2.75, 3.05) is 18.6 Å². The summed E-state index contributed by atoms with van der Waals surface area (Å²) in [6.45, 7) is 7.91. The lowest BCUT2D eigenvalue weighted by molar-refractivity contribution is -0.151. The van der Waals surface area contributed by atoms with Crippen molar-refractivity contribution >= 4 is 30.9 Å². The predicted molar refractivity (Wildman–Crippen MR) is 101 cm³/mol. The molecular formula is C16H26N6O4P+. The van der Waals surface area contributed by atoms with Crippen LogP contribution >= 0.6 is 7.95 Å². The van der Waals surface area contributed by atoms with Crippen molar-refractivity contribution in [3.05, 3.63) is 12.7 Å². The van der Waals surface area contributed by atoms with Crippen molar-refractivity contribution in [1.82, 2.24) is 24.6 Å². The first kappa shape index (κ1) is 21.1.